The van der Waals surface area contributed by atoms with Crippen molar-refractivity contribution in [3.8, 4) is 22.5 Å². The highest BCUT2D eigenvalue weighted by atomic mass is 32.2. The molecular weight excluding hydrogens is 747 g/mol. The summed E-state index contributed by atoms with van der Waals surface area (Å²) in [4.78, 5) is 29.0. The number of halogens is 2. The Morgan fingerprint density at radius 3 is 1.56 bits per heavy atom. The van der Waals surface area contributed by atoms with E-state index in [1.54, 1.807) is 0 Å². The summed E-state index contributed by atoms with van der Waals surface area (Å²) < 4.78 is 87.2. The molecule has 1 saturated heterocycles. The molecule has 54 heavy (non-hydrogen) atoms. The Morgan fingerprint density at radius 2 is 1.15 bits per heavy atom. The summed E-state index contributed by atoms with van der Waals surface area (Å²) in [5.41, 5.74) is 3.30. The molecule has 292 valence electrons. The summed E-state index contributed by atoms with van der Waals surface area (Å²) in [6.07, 6.45) is 1.32. The summed E-state index contributed by atoms with van der Waals surface area (Å²) in [6.45, 7) is 8.36. The molecule has 0 radical (unpaired) electrons. The van der Waals surface area contributed by atoms with E-state index in [4.69, 9.17) is 9.47 Å². The fraction of sp³-hybridized carbons (Fsp3) is 0.417. The number of aldehydes is 1. The monoisotopic (exact) mass is 790 g/mol. The van der Waals surface area contributed by atoms with Crippen molar-refractivity contribution in [3.05, 3.63) is 82.7 Å². The molecule has 1 aliphatic heterocycles. The summed E-state index contributed by atoms with van der Waals surface area (Å²) >= 11 is 0. The molecule has 0 spiro atoms. The summed E-state index contributed by atoms with van der Waals surface area (Å²) in [6, 6.07) is 11.1. The third-order valence-electron chi connectivity index (χ3n) is 8.37. The normalized spacial score (nSPS) is 14.2. The number of carbonyl (C=O) groups excluding carboxylic acids is 1. The van der Waals surface area contributed by atoms with Gasteiger partial charge in [-0.2, -0.15) is 0 Å². The smallest absolute Gasteiger partial charge is 0.239 e. The highest BCUT2D eigenvalue weighted by Gasteiger charge is 2.30. The number of sulfonamides is 2. The Balaban J connectivity index is 0.000000247. The Bertz CT molecular complexity index is 2170. The van der Waals surface area contributed by atoms with Gasteiger partial charge in [-0.05, 0) is 60.4 Å². The fourth-order valence-electron chi connectivity index (χ4n) is 5.35. The van der Waals surface area contributed by atoms with E-state index in [1.165, 1.54) is 62.6 Å². The highest BCUT2D eigenvalue weighted by Crippen LogP contribution is 2.37. The molecule has 0 aliphatic carbocycles. The first-order valence-corrected chi connectivity index (χ1v) is 20.5. The molecule has 4 aromatic rings. The van der Waals surface area contributed by atoms with Crippen LogP contribution in [0.15, 0.2) is 48.5 Å². The third kappa shape index (κ3) is 10.2. The number of aliphatic hydroxyl groups is 1. The molecule has 3 heterocycles. The lowest BCUT2D eigenvalue weighted by atomic mass is 9.93. The number of aliphatic hydroxyl groups excluding tert-OH is 1. The summed E-state index contributed by atoms with van der Waals surface area (Å²) in [5.74, 6) is -1.16. The van der Waals surface area contributed by atoms with Gasteiger partial charge in [0.05, 0.1) is 60.2 Å². The van der Waals surface area contributed by atoms with Gasteiger partial charge in [0.2, 0.25) is 31.9 Å². The number of nitrogens with zero attached hydrogens (tertiary/aromatic N) is 6. The summed E-state index contributed by atoms with van der Waals surface area (Å²) in [7, 11) is -4.48. The standard InChI is InChI=1S/C20H26FN3O5S.C16H18FN3O3S/c1-12(2)18-17(15(25)11-16-28-9-10-29-16)19(13-5-7-14(21)8-6-13)23-20(22-18)24(3)30(4,26)27;1-10(2)14-13(9-21)15(11-5-7-12(17)8-6-11)19-16(18-14)20(3)24(4,22)23/h5-8,12,15-16,25H,9-11H2,1-4H3;5-10H,1-4H3. The van der Waals surface area contributed by atoms with Crippen molar-refractivity contribution in [3.63, 3.8) is 0 Å². The fourth-order valence-corrected chi connectivity index (χ4v) is 6.11. The molecule has 2 aromatic heterocycles. The van der Waals surface area contributed by atoms with E-state index in [2.05, 4.69) is 19.9 Å². The zero-order chi connectivity index (χ0) is 40.1. The molecule has 1 unspecified atom stereocenters. The quantitative estimate of drug-likeness (QED) is 0.185. The van der Waals surface area contributed by atoms with Crippen LogP contribution in [-0.4, -0.2) is 94.3 Å². The number of benzene rings is 2. The predicted octanol–water partition coefficient (Wildman–Crippen LogP) is 5.21. The van der Waals surface area contributed by atoms with Gasteiger partial charge in [0.25, 0.3) is 0 Å². The molecule has 1 atom stereocenters. The van der Waals surface area contributed by atoms with Gasteiger partial charge in [-0.3, -0.25) is 4.79 Å². The SMILES string of the molecule is CC(C)c1nc(N(C)S(C)(=O)=O)nc(-c2ccc(F)cc2)c1C(O)CC1OCCO1.CC(C)c1nc(N(C)S(C)(=O)=O)nc(-c2ccc(F)cc2)c1C=O. The van der Waals surface area contributed by atoms with Crippen LogP contribution in [0, 0.1) is 11.6 Å². The average molecular weight is 791 g/mol. The van der Waals surface area contributed by atoms with Crippen molar-refractivity contribution >= 4 is 38.2 Å². The lowest BCUT2D eigenvalue weighted by Gasteiger charge is -2.25. The Hall–Kier alpha value is -4.49. The largest absolute Gasteiger partial charge is 0.388 e. The Labute approximate surface area is 314 Å². The molecule has 18 heteroatoms. The second-order valence-corrected chi connectivity index (χ2v) is 17.2. The van der Waals surface area contributed by atoms with Crippen LogP contribution < -0.4 is 8.61 Å². The number of aromatic nitrogens is 4. The Kier molecular flexibility index (Phi) is 13.6. The molecule has 14 nitrogen and oxygen atoms in total. The molecular formula is C36H44F2N6O8S2. The number of carbonyl (C=O) groups is 1. The van der Waals surface area contributed by atoms with Gasteiger partial charge in [0.15, 0.2) is 12.6 Å². The lowest BCUT2D eigenvalue weighted by molar-refractivity contribution is -0.0709. The zero-order valence-electron chi connectivity index (χ0n) is 31.2. The van der Waals surface area contributed by atoms with Crippen molar-refractivity contribution in [1.29, 1.82) is 0 Å². The second-order valence-electron chi connectivity index (χ2n) is 13.2. The van der Waals surface area contributed by atoms with Crippen LogP contribution in [0.3, 0.4) is 0 Å². The van der Waals surface area contributed by atoms with Crippen LogP contribution in [-0.2, 0) is 29.5 Å². The first kappa shape index (κ1) is 42.3. The minimum absolute atomic E-state index is 0.0233. The maximum atomic E-state index is 13.5. The maximum absolute atomic E-state index is 13.5. The number of rotatable bonds is 12. The maximum Gasteiger partial charge on any atom is 0.239 e. The molecule has 1 N–H and O–H groups in total. The van der Waals surface area contributed by atoms with Crippen LogP contribution in [0.4, 0.5) is 20.7 Å². The second kappa shape index (κ2) is 17.3. The minimum Gasteiger partial charge on any atom is -0.388 e. The van der Waals surface area contributed by atoms with Crippen LogP contribution in [0.2, 0.25) is 0 Å². The molecule has 1 fully saturated rings. The van der Waals surface area contributed by atoms with Gasteiger partial charge < -0.3 is 14.6 Å². The van der Waals surface area contributed by atoms with E-state index < -0.39 is 44.1 Å². The molecule has 0 amide bonds. The Morgan fingerprint density at radius 1 is 0.741 bits per heavy atom. The number of hydrogen-bond donors (Lipinski definition) is 1. The van der Waals surface area contributed by atoms with Gasteiger partial charge in [-0.25, -0.2) is 54.2 Å². The van der Waals surface area contributed by atoms with E-state index in [-0.39, 0.29) is 41.4 Å². The van der Waals surface area contributed by atoms with Crippen molar-refractivity contribution < 1.29 is 45.0 Å². The van der Waals surface area contributed by atoms with Gasteiger partial charge in [0, 0.05) is 37.2 Å². The van der Waals surface area contributed by atoms with Crippen LogP contribution in [0.5, 0.6) is 0 Å². The highest BCUT2D eigenvalue weighted by molar-refractivity contribution is 7.92. The van der Waals surface area contributed by atoms with Crippen molar-refractivity contribution in [2.45, 2.75) is 58.3 Å². The predicted molar refractivity (Wildman–Crippen MR) is 200 cm³/mol. The first-order chi connectivity index (χ1) is 25.2. The van der Waals surface area contributed by atoms with E-state index in [9.17, 15) is 35.5 Å². The van der Waals surface area contributed by atoms with Crippen LogP contribution >= 0.6 is 0 Å². The van der Waals surface area contributed by atoms with E-state index in [0.717, 1.165) is 21.1 Å². The molecule has 5 rings (SSSR count). The molecule has 0 bridgehead atoms. The number of hydrogen-bond acceptors (Lipinski definition) is 12. The van der Waals surface area contributed by atoms with E-state index >= 15 is 0 Å². The van der Waals surface area contributed by atoms with Crippen LogP contribution in [0.25, 0.3) is 22.5 Å². The van der Waals surface area contributed by atoms with E-state index in [1.807, 2.05) is 27.7 Å². The van der Waals surface area contributed by atoms with Crippen molar-refractivity contribution in [1.82, 2.24) is 19.9 Å². The molecule has 1 aliphatic rings. The van der Waals surface area contributed by atoms with Gasteiger partial charge in [-0.1, -0.05) is 27.7 Å². The van der Waals surface area contributed by atoms with Gasteiger partial charge in [-0.15, -0.1) is 0 Å². The topological polar surface area (TPSA) is 182 Å². The molecule has 2 aromatic carbocycles. The van der Waals surface area contributed by atoms with Gasteiger partial charge in [0.1, 0.15) is 11.6 Å². The molecule has 0 saturated carbocycles. The van der Waals surface area contributed by atoms with Crippen molar-refractivity contribution in [2.75, 3.05) is 48.4 Å². The average Bonchev–Trinajstić information content (AvgIpc) is 3.63. The van der Waals surface area contributed by atoms with E-state index in [0.29, 0.717) is 53.3 Å². The lowest BCUT2D eigenvalue weighted by Crippen LogP contribution is -2.28. The number of ether oxygens (including phenoxy) is 2. The van der Waals surface area contributed by atoms with Gasteiger partial charge >= 0.3 is 0 Å². The first-order valence-electron chi connectivity index (χ1n) is 16.8. The zero-order valence-corrected chi connectivity index (χ0v) is 32.8. The minimum atomic E-state index is -3.61. The summed E-state index contributed by atoms with van der Waals surface area (Å²) in [5, 5.41) is 11.1. The number of anilines is 2. The third-order valence-corrected chi connectivity index (χ3v) is 10.7. The van der Waals surface area contributed by atoms with Crippen molar-refractivity contribution in [2.24, 2.45) is 0 Å². The van der Waals surface area contributed by atoms with Crippen LogP contribution in [0.1, 0.15) is 79.4 Å².